The predicted octanol–water partition coefficient (Wildman–Crippen LogP) is 3.49. The molecule has 0 saturated carbocycles. The third-order valence-electron chi connectivity index (χ3n) is 3.66. The number of hydrogen-bond acceptors (Lipinski definition) is 5. The molecule has 118 valence electrons. The van der Waals surface area contributed by atoms with Crippen molar-refractivity contribution in [2.75, 3.05) is 0 Å². The largest absolute Gasteiger partial charge is 0.481 e. The van der Waals surface area contributed by atoms with Gasteiger partial charge in [0, 0.05) is 5.38 Å². The number of aromatic nitrogens is 1. The molecule has 1 amide bonds. The van der Waals surface area contributed by atoms with Gasteiger partial charge in [-0.25, -0.2) is 4.98 Å². The van der Waals surface area contributed by atoms with Gasteiger partial charge < -0.3 is 10.4 Å². The Hall–Kier alpha value is -1.73. The zero-order chi connectivity index (χ0) is 16.3. The monoisotopic (exact) mass is 338 g/mol. The molecule has 2 aromatic rings. The highest BCUT2D eigenvalue weighted by atomic mass is 32.1. The number of carboxylic acid groups (broad SMARTS) is 1. The first-order chi connectivity index (χ1) is 10.3. The Morgan fingerprint density at radius 3 is 2.68 bits per heavy atom. The number of thiazole rings is 1. The lowest BCUT2D eigenvalue weighted by molar-refractivity contribution is -0.138. The summed E-state index contributed by atoms with van der Waals surface area (Å²) < 4.78 is 0. The van der Waals surface area contributed by atoms with Crippen molar-refractivity contribution in [3.63, 3.8) is 0 Å². The third kappa shape index (κ3) is 3.72. The molecule has 0 aliphatic rings. The number of nitrogens with zero attached hydrogens (tertiary/aromatic N) is 1. The van der Waals surface area contributed by atoms with Gasteiger partial charge in [0.2, 0.25) is 0 Å². The van der Waals surface area contributed by atoms with Gasteiger partial charge in [-0.3, -0.25) is 9.59 Å². The molecule has 0 spiro atoms. The number of aliphatic carboxylic acids is 1. The van der Waals surface area contributed by atoms with E-state index in [1.54, 1.807) is 23.6 Å². The number of carbonyl (C=O) groups is 2. The first-order valence-corrected chi connectivity index (χ1v) is 8.61. The molecule has 5 nitrogen and oxygen atoms in total. The lowest BCUT2D eigenvalue weighted by Crippen LogP contribution is -2.51. The van der Waals surface area contributed by atoms with Gasteiger partial charge in [-0.15, -0.1) is 22.7 Å². The summed E-state index contributed by atoms with van der Waals surface area (Å²) in [5.74, 6) is -1.28. The molecule has 2 heterocycles. The highest BCUT2D eigenvalue weighted by Gasteiger charge is 2.33. The van der Waals surface area contributed by atoms with Crippen LogP contribution in [0.1, 0.15) is 37.7 Å². The summed E-state index contributed by atoms with van der Waals surface area (Å²) >= 11 is 2.97. The first-order valence-electron chi connectivity index (χ1n) is 6.85. The average molecular weight is 338 g/mol. The fourth-order valence-corrected chi connectivity index (χ4v) is 3.54. The molecule has 2 N–H and O–H groups in total. The zero-order valence-corrected chi connectivity index (χ0v) is 14.3. The van der Waals surface area contributed by atoms with E-state index in [1.807, 2.05) is 31.4 Å². The van der Waals surface area contributed by atoms with Gasteiger partial charge in [0.25, 0.3) is 5.91 Å². The van der Waals surface area contributed by atoms with Crippen molar-refractivity contribution in [1.29, 1.82) is 0 Å². The maximum absolute atomic E-state index is 12.4. The van der Waals surface area contributed by atoms with Crippen molar-refractivity contribution in [2.24, 2.45) is 5.92 Å². The molecule has 1 atom stereocenters. The van der Waals surface area contributed by atoms with Crippen LogP contribution in [0.3, 0.4) is 0 Å². The molecule has 0 bridgehead atoms. The fraction of sp³-hybridized carbons (Fsp3) is 0.400. The summed E-state index contributed by atoms with van der Waals surface area (Å²) in [7, 11) is 0. The quantitative estimate of drug-likeness (QED) is 0.845. The predicted molar refractivity (Wildman–Crippen MR) is 88.4 cm³/mol. The van der Waals surface area contributed by atoms with Gasteiger partial charge in [-0.1, -0.05) is 19.9 Å². The number of carboxylic acids is 1. The minimum Gasteiger partial charge on any atom is -0.481 e. The number of rotatable bonds is 6. The molecule has 1 unspecified atom stereocenters. The van der Waals surface area contributed by atoms with Crippen molar-refractivity contribution in [1.82, 2.24) is 10.3 Å². The second kappa shape index (κ2) is 6.58. The van der Waals surface area contributed by atoms with Crippen molar-refractivity contribution >= 4 is 34.6 Å². The van der Waals surface area contributed by atoms with Crippen molar-refractivity contribution in [3.05, 3.63) is 28.6 Å². The van der Waals surface area contributed by atoms with E-state index < -0.39 is 11.5 Å². The molecule has 2 rings (SSSR count). The van der Waals surface area contributed by atoms with Gasteiger partial charge in [0.15, 0.2) is 0 Å². The van der Waals surface area contributed by atoms with E-state index in [1.165, 1.54) is 11.3 Å². The lowest BCUT2D eigenvalue weighted by atomic mass is 9.85. The molecular weight excluding hydrogens is 320 g/mol. The van der Waals surface area contributed by atoms with E-state index in [2.05, 4.69) is 10.3 Å². The Labute approximate surface area is 137 Å². The number of thiophene rings is 1. The topological polar surface area (TPSA) is 79.3 Å². The minimum absolute atomic E-state index is 0.0112. The highest BCUT2D eigenvalue weighted by molar-refractivity contribution is 7.20. The Morgan fingerprint density at radius 2 is 2.14 bits per heavy atom. The summed E-state index contributed by atoms with van der Waals surface area (Å²) in [5, 5.41) is 16.3. The summed E-state index contributed by atoms with van der Waals surface area (Å²) in [5.41, 5.74) is -0.485. The second-order valence-electron chi connectivity index (χ2n) is 5.61. The molecule has 0 aromatic carbocycles. The average Bonchev–Trinajstić information content (AvgIpc) is 3.08. The maximum Gasteiger partial charge on any atom is 0.305 e. The van der Waals surface area contributed by atoms with Crippen LogP contribution in [0.5, 0.6) is 0 Å². The number of hydrogen-bond donors (Lipinski definition) is 2. The fourth-order valence-electron chi connectivity index (χ4n) is 1.92. The Kier molecular flexibility index (Phi) is 4.97. The number of carbonyl (C=O) groups excluding carboxylic acids is 1. The molecule has 7 heteroatoms. The highest BCUT2D eigenvalue weighted by Crippen LogP contribution is 2.28. The van der Waals surface area contributed by atoms with Crippen LogP contribution in [0, 0.1) is 5.92 Å². The summed E-state index contributed by atoms with van der Waals surface area (Å²) in [6.07, 6.45) is -0.127. The smallest absolute Gasteiger partial charge is 0.305 e. The second-order valence-corrected chi connectivity index (χ2v) is 7.42. The molecule has 22 heavy (non-hydrogen) atoms. The number of amides is 1. The summed E-state index contributed by atoms with van der Waals surface area (Å²) in [4.78, 5) is 28.8. The lowest BCUT2D eigenvalue weighted by Gasteiger charge is -2.33. The van der Waals surface area contributed by atoms with Crippen LogP contribution in [0.15, 0.2) is 22.9 Å². The van der Waals surface area contributed by atoms with Crippen LogP contribution in [0.25, 0.3) is 9.88 Å². The van der Waals surface area contributed by atoms with Crippen LogP contribution in [0.2, 0.25) is 0 Å². The Morgan fingerprint density at radius 1 is 1.41 bits per heavy atom. The summed E-state index contributed by atoms with van der Waals surface area (Å²) in [6.45, 7) is 5.53. The van der Waals surface area contributed by atoms with E-state index in [9.17, 15) is 9.59 Å². The van der Waals surface area contributed by atoms with Crippen LogP contribution < -0.4 is 5.32 Å². The molecule has 0 aliphatic heterocycles. The van der Waals surface area contributed by atoms with E-state index in [0.717, 1.165) is 9.88 Å². The van der Waals surface area contributed by atoms with E-state index in [-0.39, 0.29) is 18.2 Å². The first kappa shape index (κ1) is 16.6. The molecule has 2 aromatic heterocycles. The molecular formula is C15H18N2O3S2. The number of nitrogens with one attached hydrogen (secondary N) is 1. The van der Waals surface area contributed by atoms with Crippen molar-refractivity contribution < 1.29 is 14.7 Å². The third-order valence-corrected chi connectivity index (χ3v) is 5.54. The zero-order valence-electron chi connectivity index (χ0n) is 12.6. The van der Waals surface area contributed by atoms with Gasteiger partial charge in [0.1, 0.15) is 10.7 Å². The van der Waals surface area contributed by atoms with Crippen LogP contribution in [0.4, 0.5) is 0 Å². The summed E-state index contributed by atoms with van der Waals surface area (Å²) in [6, 6.07) is 3.89. The van der Waals surface area contributed by atoms with Gasteiger partial charge in [-0.05, 0) is 24.3 Å². The van der Waals surface area contributed by atoms with E-state index in [0.29, 0.717) is 5.69 Å². The van der Waals surface area contributed by atoms with Crippen molar-refractivity contribution in [3.8, 4) is 9.88 Å². The Bertz CT molecular complexity index is 664. The molecule has 0 radical (unpaired) electrons. The maximum atomic E-state index is 12.4. The van der Waals surface area contributed by atoms with Crippen LogP contribution >= 0.6 is 22.7 Å². The van der Waals surface area contributed by atoms with Gasteiger partial charge >= 0.3 is 5.97 Å². The van der Waals surface area contributed by atoms with Crippen molar-refractivity contribution in [2.45, 2.75) is 32.7 Å². The van der Waals surface area contributed by atoms with E-state index >= 15 is 0 Å². The van der Waals surface area contributed by atoms with Gasteiger partial charge in [0.05, 0.1) is 16.8 Å². The van der Waals surface area contributed by atoms with E-state index in [4.69, 9.17) is 5.11 Å². The minimum atomic E-state index is -0.936. The van der Waals surface area contributed by atoms with Gasteiger partial charge in [-0.2, -0.15) is 0 Å². The standard InChI is InChI=1S/C15H18N2O3S2/c1-9(2)15(3,7-12(18)19)17-13(20)10-8-22-14(16-10)11-5-4-6-21-11/h4-6,8-9H,7H2,1-3H3,(H,17,20)(H,18,19). The molecule has 0 saturated heterocycles. The molecule has 0 fully saturated rings. The normalized spacial score (nSPS) is 13.8. The SMILES string of the molecule is CC(C)C(C)(CC(=O)O)NC(=O)c1csc(-c2cccs2)n1. The van der Waals surface area contributed by atoms with Crippen LogP contribution in [-0.4, -0.2) is 27.5 Å². The Balaban J connectivity index is 2.16. The molecule has 0 aliphatic carbocycles. The van der Waals surface area contributed by atoms with Crippen LogP contribution in [-0.2, 0) is 4.79 Å².